The molecule has 2 aliphatic heterocycles. The SMILES string of the molecule is O=C(C1=CC[C@@H](c2ccccc2)[C@@]2(S1)C(=O)Nc1cccc(Br)c12)c1ccc(Br)cc1. The molecule has 2 aliphatic rings. The van der Waals surface area contributed by atoms with Crippen LogP contribution in [0.4, 0.5) is 5.69 Å². The predicted octanol–water partition coefficient (Wildman–Crippen LogP) is 7.05. The van der Waals surface area contributed by atoms with E-state index in [0.717, 1.165) is 25.8 Å². The van der Waals surface area contributed by atoms with E-state index in [2.05, 4.69) is 49.3 Å². The molecule has 3 aromatic carbocycles. The molecule has 31 heavy (non-hydrogen) atoms. The number of nitrogens with one attached hydrogen (secondary N) is 1. The molecule has 1 amide bonds. The summed E-state index contributed by atoms with van der Waals surface area (Å²) < 4.78 is 0.864. The van der Waals surface area contributed by atoms with Crippen molar-refractivity contribution in [3.8, 4) is 0 Å². The number of benzene rings is 3. The first kappa shape index (κ1) is 20.7. The third-order valence-corrected chi connectivity index (χ3v) is 8.56. The minimum absolute atomic E-state index is 0.0586. The third-order valence-electron chi connectivity index (χ3n) is 5.80. The van der Waals surface area contributed by atoms with Crippen LogP contribution in [0.1, 0.15) is 33.8 Å². The lowest BCUT2D eigenvalue weighted by Gasteiger charge is -2.39. The second-order valence-electron chi connectivity index (χ2n) is 7.56. The zero-order chi connectivity index (χ0) is 21.6. The van der Waals surface area contributed by atoms with Crippen LogP contribution in [0.15, 0.2) is 92.7 Å². The minimum Gasteiger partial charge on any atom is -0.324 e. The lowest BCUT2D eigenvalue weighted by Crippen LogP contribution is -2.40. The van der Waals surface area contributed by atoms with E-state index >= 15 is 0 Å². The Bertz CT molecular complexity index is 1220. The van der Waals surface area contributed by atoms with Gasteiger partial charge in [0.1, 0.15) is 4.75 Å². The van der Waals surface area contributed by atoms with Crippen molar-refractivity contribution in [3.63, 3.8) is 0 Å². The quantitative estimate of drug-likeness (QED) is 0.353. The Morgan fingerprint density at radius 1 is 0.968 bits per heavy atom. The van der Waals surface area contributed by atoms with Gasteiger partial charge in [0.25, 0.3) is 0 Å². The van der Waals surface area contributed by atoms with Crippen LogP contribution >= 0.6 is 43.6 Å². The van der Waals surface area contributed by atoms with Crippen molar-refractivity contribution in [2.24, 2.45) is 0 Å². The topological polar surface area (TPSA) is 46.2 Å². The minimum atomic E-state index is -0.925. The number of thioether (sulfide) groups is 1. The molecule has 0 fully saturated rings. The summed E-state index contributed by atoms with van der Waals surface area (Å²) in [7, 11) is 0. The van der Waals surface area contributed by atoms with Gasteiger partial charge in [0.15, 0.2) is 5.78 Å². The van der Waals surface area contributed by atoms with Crippen molar-refractivity contribution >= 4 is 61.0 Å². The number of carbonyl (C=O) groups is 2. The first-order chi connectivity index (χ1) is 15.0. The maximum atomic E-state index is 13.6. The van der Waals surface area contributed by atoms with Crippen LogP contribution in [0.2, 0.25) is 0 Å². The van der Waals surface area contributed by atoms with Gasteiger partial charge in [-0.1, -0.05) is 86.1 Å². The van der Waals surface area contributed by atoms with E-state index in [1.165, 1.54) is 11.8 Å². The molecule has 3 aromatic rings. The number of hydrogen-bond acceptors (Lipinski definition) is 3. The first-order valence-electron chi connectivity index (χ1n) is 9.85. The summed E-state index contributed by atoms with van der Waals surface area (Å²) in [5, 5.41) is 3.07. The normalized spacial score (nSPS) is 22.1. The van der Waals surface area contributed by atoms with Crippen molar-refractivity contribution in [1.82, 2.24) is 0 Å². The zero-order valence-electron chi connectivity index (χ0n) is 16.3. The fourth-order valence-electron chi connectivity index (χ4n) is 4.38. The van der Waals surface area contributed by atoms with Crippen LogP contribution in [0, 0.1) is 0 Å². The lowest BCUT2D eigenvalue weighted by atomic mass is 9.78. The van der Waals surface area contributed by atoms with Gasteiger partial charge < -0.3 is 5.32 Å². The summed E-state index contributed by atoms with van der Waals surface area (Å²) in [5.41, 5.74) is 3.40. The molecule has 6 heteroatoms. The highest BCUT2D eigenvalue weighted by Gasteiger charge is 2.56. The highest BCUT2D eigenvalue weighted by Crippen LogP contribution is 2.61. The van der Waals surface area contributed by atoms with Gasteiger partial charge in [-0.25, -0.2) is 0 Å². The molecule has 3 nitrogen and oxygen atoms in total. The van der Waals surface area contributed by atoms with Gasteiger partial charge >= 0.3 is 0 Å². The standard InChI is InChI=1S/C25H17Br2NO2S/c26-17-11-9-16(10-12-17)23(29)21-14-13-18(15-5-2-1-3-6-15)25(31-21)22-19(27)7-4-8-20(22)28-24(25)30/h1-12,14,18H,13H2,(H,28,30)/t18-,25-/m0/s1. The van der Waals surface area contributed by atoms with Gasteiger partial charge in [0.2, 0.25) is 5.91 Å². The monoisotopic (exact) mass is 553 g/mol. The third kappa shape index (κ3) is 3.41. The summed E-state index contributed by atoms with van der Waals surface area (Å²) in [5.74, 6) is -0.237. The number of Topliss-reactive ketones (excluding diaryl/α,β-unsaturated/α-hetero) is 1. The number of rotatable bonds is 3. The average Bonchev–Trinajstić information content (AvgIpc) is 3.06. The van der Waals surface area contributed by atoms with Gasteiger partial charge in [-0.2, -0.15) is 0 Å². The van der Waals surface area contributed by atoms with Crippen LogP contribution in [-0.2, 0) is 9.54 Å². The zero-order valence-corrected chi connectivity index (χ0v) is 20.3. The Morgan fingerprint density at radius 3 is 2.45 bits per heavy atom. The fourth-order valence-corrected chi connectivity index (χ4v) is 7.03. The highest BCUT2D eigenvalue weighted by molar-refractivity contribution is 9.10. The molecular weight excluding hydrogens is 538 g/mol. The second kappa shape index (κ2) is 8.08. The van der Waals surface area contributed by atoms with Crippen LogP contribution in [-0.4, -0.2) is 11.7 Å². The molecule has 2 heterocycles. The van der Waals surface area contributed by atoms with Gasteiger partial charge in [0, 0.05) is 31.7 Å². The molecule has 0 unspecified atom stereocenters. The Hall–Kier alpha value is -2.15. The fraction of sp³-hybridized carbons (Fsp3) is 0.120. The first-order valence-corrected chi connectivity index (χ1v) is 12.3. The van der Waals surface area contributed by atoms with Gasteiger partial charge in [0.05, 0.1) is 4.91 Å². The number of halogens is 2. The molecule has 154 valence electrons. The van der Waals surface area contributed by atoms with E-state index < -0.39 is 4.75 Å². The van der Waals surface area contributed by atoms with E-state index in [0.29, 0.717) is 16.9 Å². The maximum Gasteiger partial charge on any atom is 0.246 e. The average molecular weight is 555 g/mol. The number of carbonyl (C=O) groups excluding carboxylic acids is 2. The number of ketones is 1. The van der Waals surface area contributed by atoms with Gasteiger partial charge in [-0.3, -0.25) is 9.59 Å². The van der Waals surface area contributed by atoms with E-state index in [9.17, 15) is 9.59 Å². The summed E-state index contributed by atoms with van der Waals surface area (Å²) in [4.78, 5) is 27.6. The van der Waals surface area contributed by atoms with Crippen molar-refractivity contribution in [2.75, 3.05) is 5.32 Å². The van der Waals surface area contributed by atoms with Crippen molar-refractivity contribution in [2.45, 2.75) is 17.1 Å². The lowest BCUT2D eigenvalue weighted by molar-refractivity contribution is -0.118. The summed E-state index contributed by atoms with van der Waals surface area (Å²) >= 11 is 8.47. The van der Waals surface area contributed by atoms with E-state index in [4.69, 9.17) is 0 Å². The van der Waals surface area contributed by atoms with Crippen LogP contribution < -0.4 is 5.32 Å². The van der Waals surface area contributed by atoms with Crippen LogP contribution in [0.5, 0.6) is 0 Å². The molecule has 0 bridgehead atoms. The summed E-state index contributed by atoms with van der Waals surface area (Å²) in [6.07, 6.45) is 2.59. The summed E-state index contributed by atoms with van der Waals surface area (Å²) in [6, 6.07) is 23.2. The van der Waals surface area contributed by atoms with Gasteiger partial charge in [-0.05, 0) is 48.4 Å². The molecule has 5 rings (SSSR count). The maximum absolute atomic E-state index is 13.6. The Morgan fingerprint density at radius 2 is 1.71 bits per heavy atom. The molecule has 0 radical (unpaired) electrons. The van der Waals surface area contributed by atoms with E-state index in [1.54, 1.807) is 0 Å². The van der Waals surface area contributed by atoms with Crippen molar-refractivity contribution in [1.29, 1.82) is 0 Å². The highest BCUT2D eigenvalue weighted by atomic mass is 79.9. The smallest absolute Gasteiger partial charge is 0.246 e. The van der Waals surface area contributed by atoms with Crippen LogP contribution in [0.25, 0.3) is 0 Å². The van der Waals surface area contributed by atoms with Crippen LogP contribution in [0.3, 0.4) is 0 Å². The number of amides is 1. The second-order valence-corrected chi connectivity index (χ2v) is 10.6. The molecule has 0 aliphatic carbocycles. The summed E-state index contributed by atoms with van der Waals surface area (Å²) in [6.45, 7) is 0. The largest absolute Gasteiger partial charge is 0.324 e. The molecular formula is C25H17Br2NO2S. The van der Waals surface area contributed by atoms with Crippen molar-refractivity contribution < 1.29 is 9.59 Å². The number of allylic oxidation sites excluding steroid dienone is 2. The molecule has 0 saturated carbocycles. The number of hydrogen-bond donors (Lipinski definition) is 1. The van der Waals surface area contributed by atoms with Gasteiger partial charge in [-0.15, -0.1) is 0 Å². The molecule has 0 aromatic heterocycles. The number of anilines is 1. The van der Waals surface area contributed by atoms with Crippen molar-refractivity contribution in [3.05, 3.63) is 109 Å². The number of fused-ring (bicyclic) bond motifs is 2. The predicted molar refractivity (Wildman–Crippen MR) is 132 cm³/mol. The Balaban J connectivity index is 1.66. The molecule has 1 spiro atoms. The molecule has 1 N–H and O–H groups in total. The molecule has 2 atom stereocenters. The van der Waals surface area contributed by atoms with E-state index in [-0.39, 0.29) is 17.6 Å². The Labute approximate surface area is 201 Å². The Kier molecular flexibility index (Phi) is 5.40. The van der Waals surface area contributed by atoms with E-state index in [1.807, 2.05) is 66.7 Å². The molecule has 0 saturated heterocycles.